The van der Waals surface area contributed by atoms with E-state index in [0.717, 1.165) is 0 Å². The van der Waals surface area contributed by atoms with E-state index in [4.69, 9.17) is 5.73 Å². The fourth-order valence-electron chi connectivity index (χ4n) is 5.34. The Labute approximate surface area is 240 Å². The monoisotopic (exact) mass is 555 g/mol. The fourth-order valence-corrected chi connectivity index (χ4v) is 5.34. The van der Waals surface area contributed by atoms with Crippen LogP contribution >= 0.6 is 0 Å². The van der Waals surface area contributed by atoms with Crippen molar-refractivity contribution in [2.45, 2.75) is 54.8 Å². The Kier molecular flexibility index (Phi) is 9.50. The largest absolute Gasteiger partial charge is 0.390 e. The summed E-state index contributed by atoms with van der Waals surface area (Å²) in [7, 11) is 0. The highest BCUT2D eigenvalue weighted by molar-refractivity contribution is 5.90. The molecule has 7 heteroatoms. The molecule has 4 rings (SSSR count). The van der Waals surface area contributed by atoms with Crippen LogP contribution in [0.5, 0.6) is 0 Å². The highest BCUT2D eigenvalue weighted by Crippen LogP contribution is 2.41. The zero-order valence-electron chi connectivity index (χ0n) is 22.8. The molecule has 0 amide bonds. The summed E-state index contributed by atoms with van der Waals surface area (Å²) in [6.45, 7) is 0. The Morgan fingerprint density at radius 1 is 0.610 bits per heavy atom. The van der Waals surface area contributed by atoms with E-state index in [9.17, 15) is 30.3 Å². The highest BCUT2D eigenvalue weighted by Gasteiger charge is 2.66. The highest BCUT2D eigenvalue weighted by atomic mass is 16.4. The summed E-state index contributed by atoms with van der Waals surface area (Å²) in [4.78, 5) is 13.7. The number of Topliss-reactive ketones (excluding diaryl/α,β-unsaturated/α-hetero) is 1. The Morgan fingerprint density at radius 3 is 1.46 bits per heavy atom. The number of benzene rings is 4. The van der Waals surface area contributed by atoms with Gasteiger partial charge < -0.3 is 25.5 Å². The molecule has 5 atom stereocenters. The minimum atomic E-state index is -3.05. The normalized spacial score (nSPS) is 17.4. The summed E-state index contributed by atoms with van der Waals surface area (Å²) in [5, 5.41) is 59.6. The third kappa shape index (κ3) is 6.63. The molecule has 0 aliphatic carbocycles. The van der Waals surface area contributed by atoms with Gasteiger partial charge in [0, 0.05) is 25.7 Å². The lowest BCUT2D eigenvalue weighted by molar-refractivity contribution is -0.276. The molecular weight excluding hydrogens is 518 g/mol. The molecule has 0 aromatic heterocycles. The zero-order chi connectivity index (χ0) is 29.5. The Hall–Kier alpha value is -3.69. The van der Waals surface area contributed by atoms with E-state index in [1.807, 2.05) is 6.07 Å². The van der Waals surface area contributed by atoms with Crippen LogP contribution in [-0.4, -0.2) is 60.5 Å². The quantitative estimate of drug-likeness (QED) is 0.139. The van der Waals surface area contributed by atoms with Gasteiger partial charge in [-0.2, -0.15) is 0 Å². The van der Waals surface area contributed by atoms with Gasteiger partial charge in [0.2, 0.25) is 5.72 Å². The lowest BCUT2D eigenvalue weighted by atomic mass is 9.64. The number of ketones is 1. The second kappa shape index (κ2) is 12.9. The van der Waals surface area contributed by atoms with E-state index in [-0.39, 0.29) is 12.8 Å². The van der Waals surface area contributed by atoms with Gasteiger partial charge in [0.15, 0.2) is 5.78 Å². The molecule has 0 aliphatic heterocycles. The lowest BCUT2D eigenvalue weighted by Gasteiger charge is -2.53. The van der Waals surface area contributed by atoms with Crippen molar-refractivity contribution < 1.29 is 30.3 Å². The Bertz CT molecular complexity index is 1380. The van der Waals surface area contributed by atoms with Gasteiger partial charge in [0.25, 0.3) is 0 Å². The van der Waals surface area contributed by atoms with E-state index in [2.05, 4.69) is 0 Å². The van der Waals surface area contributed by atoms with Crippen LogP contribution in [0.15, 0.2) is 121 Å². The molecule has 0 heterocycles. The maximum Gasteiger partial charge on any atom is 0.206 e. The van der Waals surface area contributed by atoms with E-state index < -0.39 is 47.8 Å². The summed E-state index contributed by atoms with van der Waals surface area (Å²) in [5.41, 5.74) is -0.0891. The maximum absolute atomic E-state index is 13.7. The van der Waals surface area contributed by atoms with Crippen molar-refractivity contribution in [2.75, 3.05) is 0 Å². The number of aliphatic hydroxyl groups is 5. The molecule has 4 aromatic rings. The van der Waals surface area contributed by atoms with Crippen molar-refractivity contribution >= 4 is 5.78 Å². The third-order valence-corrected chi connectivity index (χ3v) is 7.74. The maximum atomic E-state index is 13.7. The van der Waals surface area contributed by atoms with Crippen molar-refractivity contribution in [3.05, 3.63) is 144 Å². The number of rotatable bonds is 13. The number of aliphatic hydroxyl groups excluding tert-OH is 2. The van der Waals surface area contributed by atoms with E-state index in [0.29, 0.717) is 22.3 Å². The molecule has 214 valence electrons. The first kappa shape index (κ1) is 30.3. The molecule has 0 saturated carbocycles. The molecule has 4 aromatic carbocycles. The van der Waals surface area contributed by atoms with Crippen LogP contribution in [0.25, 0.3) is 0 Å². The molecule has 41 heavy (non-hydrogen) atoms. The van der Waals surface area contributed by atoms with Crippen molar-refractivity contribution in [1.29, 1.82) is 0 Å². The summed E-state index contributed by atoms with van der Waals surface area (Å²) in [6, 6.07) is 34.5. The number of hydrogen-bond acceptors (Lipinski definition) is 7. The minimum Gasteiger partial charge on any atom is -0.390 e. The average Bonchev–Trinajstić information content (AvgIpc) is 2.98. The van der Waals surface area contributed by atoms with E-state index >= 15 is 0 Å². The number of hydrogen-bond donors (Lipinski definition) is 6. The van der Waals surface area contributed by atoms with Crippen LogP contribution in [0.4, 0.5) is 0 Å². The molecular formula is C34H37NO6. The molecule has 0 saturated heterocycles. The van der Waals surface area contributed by atoms with Gasteiger partial charge >= 0.3 is 0 Å². The van der Waals surface area contributed by atoms with Crippen LogP contribution < -0.4 is 5.73 Å². The standard InChI is InChI=1S/C34H37NO6/c35-34(41,30(37)22-26-15-7-2-8-16-26)33(40,24-28-19-11-4-12-20-28)32(39,23-27-17-9-3-10-18-27)31(38)29(36)21-25-13-5-1-6-14-25/h1-20,29,31,36,38-41H,21-24,35H2/t29?,31-,32-,33+,34+/m1/s1. The first-order valence-corrected chi connectivity index (χ1v) is 13.6. The minimum absolute atomic E-state index is 0.0680. The molecule has 0 fully saturated rings. The van der Waals surface area contributed by atoms with Gasteiger partial charge in [0.1, 0.15) is 17.3 Å². The van der Waals surface area contributed by atoms with Crippen molar-refractivity contribution in [3.8, 4) is 0 Å². The summed E-state index contributed by atoms with van der Waals surface area (Å²) >= 11 is 0. The summed E-state index contributed by atoms with van der Waals surface area (Å²) in [5.74, 6) is -0.960. The Balaban J connectivity index is 1.83. The Morgan fingerprint density at radius 2 is 1.00 bits per heavy atom. The first-order chi connectivity index (χ1) is 19.6. The zero-order valence-corrected chi connectivity index (χ0v) is 22.8. The van der Waals surface area contributed by atoms with Crippen molar-refractivity contribution in [3.63, 3.8) is 0 Å². The molecule has 0 spiro atoms. The molecule has 0 radical (unpaired) electrons. The second-order valence-electron chi connectivity index (χ2n) is 10.7. The molecule has 0 bridgehead atoms. The van der Waals surface area contributed by atoms with Crippen molar-refractivity contribution in [2.24, 2.45) is 5.73 Å². The number of nitrogens with two attached hydrogens (primary N) is 1. The SMILES string of the molecule is N[C@](O)(C(=O)Cc1ccccc1)[C@](O)(Cc1ccccc1)[C@@](O)(Cc1ccccc1)[C@H](O)C(O)Cc1ccccc1. The smallest absolute Gasteiger partial charge is 0.206 e. The van der Waals surface area contributed by atoms with Gasteiger partial charge in [-0.3, -0.25) is 10.5 Å². The topological polar surface area (TPSA) is 144 Å². The fraction of sp³-hybridized carbons (Fsp3) is 0.265. The second-order valence-corrected chi connectivity index (χ2v) is 10.7. The van der Waals surface area contributed by atoms with Crippen LogP contribution in [-0.2, 0) is 30.5 Å². The van der Waals surface area contributed by atoms with Crippen LogP contribution in [0.2, 0.25) is 0 Å². The van der Waals surface area contributed by atoms with Crippen molar-refractivity contribution in [1.82, 2.24) is 0 Å². The first-order valence-electron chi connectivity index (χ1n) is 13.6. The molecule has 7 nitrogen and oxygen atoms in total. The van der Waals surface area contributed by atoms with E-state index in [1.54, 1.807) is 115 Å². The summed E-state index contributed by atoms with van der Waals surface area (Å²) < 4.78 is 0. The van der Waals surface area contributed by atoms with Crippen LogP contribution in [0, 0.1) is 0 Å². The van der Waals surface area contributed by atoms with Gasteiger partial charge in [-0.25, -0.2) is 0 Å². The predicted molar refractivity (Wildman–Crippen MR) is 157 cm³/mol. The summed E-state index contributed by atoms with van der Waals surface area (Å²) in [6.07, 6.45) is -4.96. The van der Waals surface area contributed by atoms with Crippen LogP contribution in [0.3, 0.4) is 0 Å². The van der Waals surface area contributed by atoms with Gasteiger partial charge in [-0.05, 0) is 22.3 Å². The number of carbonyl (C=O) groups excluding carboxylic acids is 1. The molecule has 1 unspecified atom stereocenters. The average molecular weight is 556 g/mol. The van der Waals surface area contributed by atoms with Gasteiger partial charge in [-0.15, -0.1) is 0 Å². The molecule has 0 aliphatic rings. The number of carbonyl (C=O) groups is 1. The van der Waals surface area contributed by atoms with Gasteiger partial charge in [-0.1, -0.05) is 121 Å². The third-order valence-electron chi connectivity index (χ3n) is 7.74. The van der Waals surface area contributed by atoms with Crippen LogP contribution in [0.1, 0.15) is 22.3 Å². The molecule has 7 N–H and O–H groups in total. The lowest BCUT2D eigenvalue weighted by Crippen LogP contribution is -2.80. The van der Waals surface area contributed by atoms with Gasteiger partial charge in [0.05, 0.1) is 6.10 Å². The predicted octanol–water partition coefficient (Wildman–Crippen LogP) is 2.36. The van der Waals surface area contributed by atoms with E-state index in [1.165, 1.54) is 0 Å².